The van der Waals surface area contributed by atoms with Crippen LogP contribution < -0.4 is 10.6 Å². The Bertz CT molecular complexity index is 1060. The zero-order valence-corrected chi connectivity index (χ0v) is 17.8. The van der Waals surface area contributed by atoms with Gasteiger partial charge < -0.3 is 10.6 Å². The highest BCUT2D eigenvalue weighted by Gasteiger charge is 2.17. The van der Waals surface area contributed by atoms with Crippen molar-refractivity contribution < 1.29 is 9.59 Å². The number of H-pyrrole nitrogens is 1. The molecule has 3 rings (SSSR count). The van der Waals surface area contributed by atoms with Gasteiger partial charge in [0, 0.05) is 23.5 Å². The van der Waals surface area contributed by atoms with Crippen LogP contribution in [0.15, 0.2) is 61.3 Å². The zero-order chi connectivity index (χ0) is 22.2. The molecule has 0 bridgehead atoms. The Labute approximate surface area is 182 Å². The van der Waals surface area contributed by atoms with Crippen molar-refractivity contribution in [3.05, 3.63) is 72.6 Å². The normalized spacial score (nSPS) is 11.5. The summed E-state index contributed by atoms with van der Waals surface area (Å²) in [6.45, 7) is 7.43. The van der Waals surface area contributed by atoms with E-state index in [0.717, 1.165) is 41.6 Å². The van der Waals surface area contributed by atoms with Gasteiger partial charge in [-0.15, -0.1) is 0 Å². The van der Waals surface area contributed by atoms with Crippen LogP contribution in [0.2, 0.25) is 0 Å². The lowest BCUT2D eigenvalue weighted by atomic mass is 9.96. The predicted molar refractivity (Wildman–Crippen MR) is 123 cm³/mol. The molecular formula is C24H27N5O2. The van der Waals surface area contributed by atoms with Crippen molar-refractivity contribution in [3.63, 3.8) is 0 Å². The first-order valence-electron chi connectivity index (χ1n) is 10.3. The van der Waals surface area contributed by atoms with Crippen LogP contribution in [0, 0.1) is 0 Å². The number of pyridine rings is 1. The van der Waals surface area contributed by atoms with E-state index >= 15 is 0 Å². The molecule has 0 aliphatic rings. The van der Waals surface area contributed by atoms with Crippen LogP contribution in [0.3, 0.4) is 0 Å². The third-order valence-electron chi connectivity index (χ3n) is 5.00. The van der Waals surface area contributed by atoms with E-state index in [0.29, 0.717) is 11.6 Å². The van der Waals surface area contributed by atoms with Crippen LogP contribution in [-0.2, 0) is 16.0 Å². The summed E-state index contributed by atoms with van der Waals surface area (Å²) >= 11 is 0. The second-order valence-electron chi connectivity index (χ2n) is 7.34. The van der Waals surface area contributed by atoms with Gasteiger partial charge in [-0.05, 0) is 49.1 Å². The maximum atomic E-state index is 12.7. The molecule has 7 nitrogen and oxygen atoms in total. The average molecular weight is 418 g/mol. The number of nitrogens with one attached hydrogen (secondary N) is 3. The molecule has 0 spiro atoms. The summed E-state index contributed by atoms with van der Waals surface area (Å²) in [7, 11) is 0. The SMILES string of the molecule is C=CC(=O)Nc1ccc(-c2cccc(C(C)C(=O)Nc3cc(CCCC)[nH]n3)c2)cn1. The number of carbonyl (C=O) groups excluding carboxylic acids is 2. The van der Waals surface area contributed by atoms with Crippen LogP contribution in [0.1, 0.15) is 43.9 Å². The minimum atomic E-state index is -0.352. The molecule has 1 atom stereocenters. The number of aryl methyl sites for hydroxylation is 1. The molecule has 2 heterocycles. The van der Waals surface area contributed by atoms with Crippen molar-refractivity contribution in [2.75, 3.05) is 10.6 Å². The average Bonchev–Trinajstić information content (AvgIpc) is 3.24. The maximum absolute atomic E-state index is 12.7. The number of benzene rings is 1. The molecule has 0 aliphatic carbocycles. The second-order valence-corrected chi connectivity index (χ2v) is 7.34. The number of rotatable bonds is 9. The highest BCUT2D eigenvalue weighted by Crippen LogP contribution is 2.25. The Kier molecular flexibility index (Phi) is 7.32. The number of hydrogen-bond donors (Lipinski definition) is 3. The van der Waals surface area contributed by atoms with Crippen molar-refractivity contribution in [3.8, 4) is 11.1 Å². The van der Waals surface area contributed by atoms with E-state index in [4.69, 9.17) is 0 Å². The van der Waals surface area contributed by atoms with Crippen LogP contribution in [0.5, 0.6) is 0 Å². The summed E-state index contributed by atoms with van der Waals surface area (Å²) in [6, 6.07) is 13.3. The fourth-order valence-electron chi connectivity index (χ4n) is 3.11. The summed E-state index contributed by atoms with van der Waals surface area (Å²) in [5.74, 6) is 0.216. The minimum absolute atomic E-state index is 0.119. The van der Waals surface area contributed by atoms with E-state index in [-0.39, 0.29) is 17.7 Å². The van der Waals surface area contributed by atoms with Crippen LogP contribution in [-0.4, -0.2) is 27.0 Å². The third kappa shape index (κ3) is 5.88. The molecule has 1 aromatic carbocycles. The van der Waals surface area contributed by atoms with Gasteiger partial charge in [-0.2, -0.15) is 5.10 Å². The van der Waals surface area contributed by atoms with Crippen molar-refractivity contribution in [2.45, 2.75) is 39.0 Å². The molecule has 0 aliphatic heterocycles. The fourth-order valence-corrected chi connectivity index (χ4v) is 3.11. The monoisotopic (exact) mass is 417 g/mol. The number of nitrogens with zero attached hydrogens (tertiary/aromatic N) is 2. The van der Waals surface area contributed by atoms with Gasteiger partial charge in [-0.25, -0.2) is 4.98 Å². The van der Waals surface area contributed by atoms with Gasteiger partial charge in [0.2, 0.25) is 11.8 Å². The van der Waals surface area contributed by atoms with Gasteiger partial charge in [0.05, 0.1) is 5.92 Å². The molecule has 3 aromatic rings. The van der Waals surface area contributed by atoms with Crippen LogP contribution >= 0.6 is 0 Å². The molecule has 160 valence electrons. The molecule has 7 heteroatoms. The quantitative estimate of drug-likeness (QED) is 0.440. The Balaban J connectivity index is 1.68. The number of carbonyl (C=O) groups is 2. The number of hydrogen-bond acceptors (Lipinski definition) is 4. The number of amides is 2. The van der Waals surface area contributed by atoms with E-state index in [1.807, 2.05) is 43.3 Å². The number of unbranched alkanes of at least 4 members (excludes halogenated alkanes) is 1. The van der Waals surface area contributed by atoms with Crippen molar-refractivity contribution in [2.24, 2.45) is 0 Å². The second kappa shape index (κ2) is 10.3. The number of anilines is 2. The Morgan fingerprint density at radius 3 is 2.68 bits per heavy atom. The van der Waals surface area contributed by atoms with Gasteiger partial charge >= 0.3 is 0 Å². The summed E-state index contributed by atoms with van der Waals surface area (Å²) in [5.41, 5.74) is 3.74. The molecule has 31 heavy (non-hydrogen) atoms. The molecule has 2 amide bonds. The van der Waals surface area contributed by atoms with Gasteiger partial charge in [0.15, 0.2) is 5.82 Å². The highest BCUT2D eigenvalue weighted by atomic mass is 16.2. The lowest BCUT2D eigenvalue weighted by Crippen LogP contribution is -2.19. The van der Waals surface area contributed by atoms with Crippen LogP contribution in [0.4, 0.5) is 11.6 Å². The molecule has 0 radical (unpaired) electrons. The number of aromatic amines is 1. The summed E-state index contributed by atoms with van der Waals surface area (Å²) in [6.07, 6.45) is 5.98. The smallest absolute Gasteiger partial charge is 0.248 e. The van der Waals surface area contributed by atoms with Gasteiger partial charge in [0.25, 0.3) is 0 Å². The van der Waals surface area contributed by atoms with Crippen molar-refractivity contribution in [1.29, 1.82) is 0 Å². The van der Waals surface area contributed by atoms with E-state index in [2.05, 4.69) is 39.3 Å². The predicted octanol–water partition coefficient (Wildman–Crippen LogP) is 4.68. The third-order valence-corrected chi connectivity index (χ3v) is 5.00. The Hall–Kier alpha value is -3.74. The lowest BCUT2D eigenvalue weighted by Gasteiger charge is -2.13. The highest BCUT2D eigenvalue weighted by molar-refractivity contribution is 5.98. The number of aromatic nitrogens is 3. The molecule has 2 aromatic heterocycles. The summed E-state index contributed by atoms with van der Waals surface area (Å²) in [5, 5.41) is 12.7. The van der Waals surface area contributed by atoms with E-state index < -0.39 is 0 Å². The molecule has 1 unspecified atom stereocenters. The van der Waals surface area contributed by atoms with Crippen molar-refractivity contribution in [1.82, 2.24) is 15.2 Å². The standard InChI is InChI=1S/C24H27N5O2/c1-4-6-10-20-14-22(29-28-20)27-24(31)16(3)17-8-7-9-18(13-17)19-11-12-21(25-15-19)26-23(30)5-2/h5,7-9,11-16H,2,4,6,10H2,1,3H3,(H,25,26,30)(H2,27,28,29,31). The summed E-state index contributed by atoms with van der Waals surface area (Å²) < 4.78 is 0. The van der Waals surface area contributed by atoms with Crippen LogP contribution in [0.25, 0.3) is 11.1 Å². The Morgan fingerprint density at radius 2 is 1.97 bits per heavy atom. The minimum Gasteiger partial charge on any atom is -0.309 e. The first-order valence-corrected chi connectivity index (χ1v) is 10.3. The van der Waals surface area contributed by atoms with Crippen molar-refractivity contribution >= 4 is 23.5 Å². The molecule has 0 fully saturated rings. The first-order chi connectivity index (χ1) is 15.0. The molecule has 3 N–H and O–H groups in total. The maximum Gasteiger partial charge on any atom is 0.248 e. The molecular weight excluding hydrogens is 390 g/mol. The Morgan fingerprint density at radius 1 is 1.13 bits per heavy atom. The summed E-state index contributed by atoms with van der Waals surface area (Å²) in [4.78, 5) is 28.4. The van der Waals surface area contributed by atoms with E-state index in [1.165, 1.54) is 6.08 Å². The zero-order valence-electron chi connectivity index (χ0n) is 17.8. The fraction of sp³-hybridized carbons (Fsp3) is 0.250. The molecule has 0 saturated heterocycles. The molecule has 0 saturated carbocycles. The topological polar surface area (TPSA) is 99.8 Å². The van der Waals surface area contributed by atoms with Gasteiger partial charge in [-0.3, -0.25) is 14.7 Å². The largest absolute Gasteiger partial charge is 0.309 e. The van der Waals surface area contributed by atoms with E-state index in [1.54, 1.807) is 12.3 Å². The van der Waals surface area contributed by atoms with Gasteiger partial charge in [0.1, 0.15) is 5.82 Å². The van der Waals surface area contributed by atoms with Gasteiger partial charge in [-0.1, -0.05) is 44.2 Å². The van der Waals surface area contributed by atoms with E-state index in [9.17, 15) is 9.59 Å². The first kappa shape index (κ1) is 22.0. The lowest BCUT2D eigenvalue weighted by molar-refractivity contribution is -0.117.